The van der Waals surface area contributed by atoms with Crippen molar-refractivity contribution in [2.45, 2.75) is 51.0 Å². The molecule has 0 amide bonds. The minimum atomic E-state index is 0.693. The van der Waals surface area contributed by atoms with Gasteiger partial charge in [-0.2, -0.15) is 0 Å². The standard InChI is InChI=1S/C18H23N3/c1-2-5-14(6-3-1)18-12-20-13-21(18)17-8-4-7-15-11-19-10-9-16(15)17/h4,7-8,12-14,19H,1-3,5-6,9-11H2. The van der Waals surface area contributed by atoms with Gasteiger partial charge in [0.2, 0.25) is 0 Å². The van der Waals surface area contributed by atoms with Gasteiger partial charge in [-0.25, -0.2) is 4.98 Å². The van der Waals surface area contributed by atoms with Crippen LogP contribution in [0.4, 0.5) is 0 Å². The van der Waals surface area contributed by atoms with Crippen molar-refractivity contribution in [3.05, 3.63) is 47.5 Å². The van der Waals surface area contributed by atoms with Gasteiger partial charge in [0, 0.05) is 24.4 Å². The maximum Gasteiger partial charge on any atom is 0.0994 e. The Hall–Kier alpha value is -1.61. The van der Waals surface area contributed by atoms with Crippen LogP contribution in [0.1, 0.15) is 54.8 Å². The fourth-order valence-electron chi connectivity index (χ4n) is 3.94. The van der Waals surface area contributed by atoms with Gasteiger partial charge in [0.1, 0.15) is 0 Å². The normalized spacial score (nSPS) is 19.4. The highest BCUT2D eigenvalue weighted by atomic mass is 15.1. The molecule has 2 heterocycles. The molecule has 1 N–H and O–H groups in total. The number of hydrogen-bond acceptors (Lipinski definition) is 2. The molecule has 1 saturated carbocycles. The highest BCUT2D eigenvalue weighted by Gasteiger charge is 2.21. The van der Waals surface area contributed by atoms with Gasteiger partial charge in [-0.1, -0.05) is 31.4 Å². The molecule has 0 saturated heterocycles. The number of hydrogen-bond donors (Lipinski definition) is 1. The van der Waals surface area contributed by atoms with Crippen molar-refractivity contribution in [1.29, 1.82) is 0 Å². The highest BCUT2D eigenvalue weighted by Crippen LogP contribution is 2.34. The first kappa shape index (κ1) is 13.1. The summed E-state index contributed by atoms with van der Waals surface area (Å²) in [5.74, 6) is 0.693. The van der Waals surface area contributed by atoms with E-state index < -0.39 is 0 Å². The van der Waals surface area contributed by atoms with E-state index in [1.807, 2.05) is 6.33 Å². The lowest BCUT2D eigenvalue weighted by Crippen LogP contribution is -2.25. The van der Waals surface area contributed by atoms with Crippen LogP contribution in [0.15, 0.2) is 30.7 Å². The van der Waals surface area contributed by atoms with E-state index in [0.717, 1.165) is 19.5 Å². The van der Waals surface area contributed by atoms with Crippen molar-refractivity contribution >= 4 is 0 Å². The Balaban J connectivity index is 1.76. The van der Waals surface area contributed by atoms with Crippen LogP contribution in [0, 0.1) is 0 Å². The Morgan fingerprint density at radius 2 is 2.05 bits per heavy atom. The smallest absolute Gasteiger partial charge is 0.0994 e. The van der Waals surface area contributed by atoms with Crippen molar-refractivity contribution in [3.63, 3.8) is 0 Å². The Morgan fingerprint density at radius 3 is 2.95 bits per heavy atom. The van der Waals surface area contributed by atoms with Crippen LogP contribution in [0.3, 0.4) is 0 Å². The number of benzene rings is 1. The van der Waals surface area contributed by atoms with Gasteiger partial charge in [-0.3, -0.25) is 0 Å². The lowest BCUT2D eigenvalue weighted by molar-refractivity contribution is 0.433. The van der Waals surface area contributed by atoms with Crippen molar-refractivity contribution in [1.82, 2.24) is 14.9 Å². The van der Waals surface area contributed by atoms with Crippen LogP contribution in [-0.4, -0.2) is 16.1 Å². The summed E-state index contributed by atoms with van der Waals surface area (Å²) >= 11 is 0. The molecule has 0 atom stereocenters. The molecular weight excluding hydrogens is 258 g/mol. The maximum absolute atomic E-state index is 4.47. The predicted octanol–water partition coefficient (Wildman–Crippen LogP) is 3.57. The number of nitrogens with zero attached hydrogens (tertiary/aromatic N) is 2. The average Bonchev–Trinajstić information content (AvgIpc) is 3.04. The van der Waals surface area contributed by atoms with Gasteiger partial charge >= 0.3 is 0 Å². The number of imidazole rings is 1. The quantitative estimate of drug-likeness (QED) is 0.912. The van der Waals surface area contributed by atoms with E-state index >= 15 is 0 Å². The second-order valence-corrected chi connectivity index (χ2v) is 6.37. The summed E-state index contributed by atoms with van der Waals surface area (Å²) in [7, 11) is 0. The molecule has 1 aromatic carbocycles. The summed E-state index contributed by atoms with van der Waals surface area (Å²) in [6.07, 6.45) is 12.0. The summed E-state index contributed by atoms with van der Waals surface area (Å²) in [6.45, 7) is 2.08. The fraction of sp³-hybridized carbons (Fsp3) is 0.500. The largest absolute Gasteiger partial charge is 0.312 e. The van der Waals surface area contributed by atoms with Crippen LogP contribution in [0.2, 0.25) is 0 Å². The molecule has 1 aromatic heterocycles. The third-order valence-corrected chi connectivity index (χ3v) is 5.07. The van der Waals surface area contributed by atoms with Gasteiger partial charge in [-0.05, 0) is 43.0 Å². The summed E-state index contributed by atoms with van der Waals surface area (Å²) in [5.41, 5.74) is 5.72. The van der Waals surface area contributed by atoms with E-state index in [4.69, 9.17) is 0 Å². The molecule has 21 heavy (non-hydrogen) atoms. The zero-order valence-electron chi connectivity index (χ0n) is 12.5. The van der Waals surface area contributed by atoms with E-state index in [2.05, 4.69) is 39.3 Å². The summed E-state index contributed by atoms with van der Waals surface area (Å²) in [6, 6.07) is 6.70. The molecule has 0 unspecified atom stereocenters. The topological polar surface area (TPSA) is 29.9 Å². The van der Waals surface area contributed by atoms with Gasteiger partial charge in [-0.15, -0.1) is 0 Å². The van der Waals surface area contributed by atoms with Gasteiger partial charge in [0.15, 0.2) is 0 Å². The van der Waals surface area contributed by atoms with Gasteiger partial charge in [0.25, 0.3) is 0 Å². The monoisotopic (exact) mass is 281 g/mol. The summed E-state index contributed by atoms with van der Waals surface area (Å²) in [5, 5.41) is 3.47. The van der Waals surface area contributed by atoms with E-state index in [1.54, 1.807) is 0 Å². The molecule has 2 aliphatic rings. The molecule has 4 rings (SSSR count). The first-order valence-corrected chi connectivity index (χ1v) is 8.27. The Bertz CT molecular complexity index is 623. The Kier molecular flexibility index (Phi) is 3.52. The molecule has 0 radical (unpaired) electrons. The average molecular weight is 281 g/mol. The second-order valence-electron chi connectivity index (χ2n) is 6.37. The third-order valence-electron chi connectivity index (χ3n) is 5.07. The lowest BCUT2D eigenvalue weighted by Gasteiger charge is -2.25. The van der Waals surface area contributed by atoms with E-state index in [9.17, 15) is 0 Å². The highest BCUT2D eigenvalue weighted by molar-refractivity contribution is 5.48. The molecule has 110 valence electrons. The van der Waals surface area contributed by atoms with Gasteiger partial charge < -0.3 is 9.88 Å². The van der Waals surface area contributed by atoms with Gasteiger partial charge in [0.05, 0.1) is 12.0 Å². The molecule has 1 aliphatic carbocycles. The first-order chi connectivity index (χ1) is 10.4. The SMILES string of the molecule is c1cc2c(c(-n3cncc3C3CCCCC3)c1)CCNC2. The van der Waals surface area contributed by atoms with Crippen LogP contribution in [-0.2, 0) is 13.0 Å². The zero-order valence-corrected chi connectivity index (χ0v) is 12.5. The Morgan fingerprint density at radius 1 is 1.14 bits per heavy atom. The summed E-state index contributed by atoms with van der Waals surface area (Å²) < 4.78 is 2.36. The lowest BCUT2D eigenvalue weighted by atomic mass is 9.87. The number of nitrogens with one attached hydrogen (secondary N) is 1. The number of rotatable bonds is 2. The van der Waals surface area contributed by atoms with Crippen molar-refractivity contribution < 1.29 is 0 Å². The molecule has 1 aliphatic heterocycles. The zero-order chi connectivity index (χ0) is 14.1. The van der Waals surface area contributed by atoms with Crippen LogP contribution < -0.4 is 5.32 Å². The molecule has 2 aromatic rings. The van der Waals surface area contributed by atoms with Crippen molar-refractivity contribution in [3.8, 4) is 5.69 Å². The molecular formula is C18H23N3. The molecule has 0 spiro atoms. The van der Waals surface area contributed by atoms with Crippen molar-refractivity contribution in [2.75, 3.05) is 6.54 Å². The third kappa shape index (κ3) is 2.40. The van der Waals surface area contributed by atoms with E-state index in [-0.39, 0.29) is 0 Å². The molecule has 0 bridgehead atoms. The minimum absolute atomic E-state index is 0.693. The summed E-state index contributed by atoms with van der Waals surface area (Å²) in [4.78, 5) is 4.47. The minimum Gasteiger partial charge on any atom is -0.312 e. The number of aromatic nitrogens is 2. The molecule has 1 fully saturated rings. The van der Waals surface area contributed by atoms with Crippen molar-refractivity contribution in [2.24, 2.45) is 0 Å². The van der Waals surface area contributed by atoms with Crippen LogP contribution in [0.25, 0.3) is 5.69 Å². The molecule has 3 nitrogen and oxygen atoms in total. The second kappa shape index (κ2) is 5.64. The van der Waals surface area contributed by atoms with E-state index in [1.165, 1.54) is 54.6 Å². The maximum atomic E-state index is 4.47. The molecule has 3 heteroatoms. The first-order valence-electron chi connectivity index (χ1n) is 8.27. The van der Waals surface area contributed by atoms with Crippen LogP contribution in [0.5, 0.6) is 0 Å². The predicted molar refractivity (Wildman–Crippen MR) is 84.8 cm³/mol. The van der Waals surface area contributed by atoms with E-state index in [0.29, 0.717) is 5.92 Å². The Labute approximate surface area is 126 Å². The fourth-order valence-corrected chi connectivity index (χ4v) is 3.94. The van der Waals surface area contributed by atoms with Crippen LogP contribution >= 0.6 is 0 Å². The number of fused-ring (bicyclic) bond motifs is 1.